The summed E-state index contributed by atoms with van der Waals surface area (Å²) < 4.78 is 0. The van der Waals surface area contributed by atoms with E-state index in [0.29, 0.717) is 11.5 Å². The van der Waals surface area contributed by atoms with Crippen LogP contribution in [0.2, 0.25) is 0 Å². The first kappa shape index (κ1) is 12.6. The van der Waals surface area contributed by atoms with Crippen LogP contribution in [0.1, 0.15) is 5.69 Å². The summed E-state index contributed by atoms with van der Waals surface area (Å²) in [6, 6.07) is 17.6. The van der Waals surface area contributed by atoms with E-state index in [1.807, 2.05) is 60.7 Å². The normalized spacial score (nSPS) is 14.5. The second-order valence-electron chi connectivity index (χ2n) is 5.07. The lowest BCUT2D eigenvalue weighted by Crippen LogP contribution is -2.19. The van der Waals surface area contributed by atoms with E-state index in [0.717, 1.165) is 21.8 Å². The monoisotopic (exact) mass is 287 g/mol. The molecule has 0 saturated heterocycles. The number of hydrogen-bond acceptors (Lipinski definition) is 3. The number of nitrogens with zero attached hydrogens (tertiary/aromatic N) is 2. The molecular weight excluding hydrogens is 274 g/mol. The largest absolute Gasteiger partial charge is 0.492 e. The van der Waals surface area contributed by atoms with Gasteiger partial charge in [0.2, 0.25) is 5.88 Å². The SMILES string of the molecule is Oc1nc(-c2ccccc2)[nH]c1/C=C1/C=c2ccccc2=N1. The van der Waals surface area contributed by atoms with Gasteiger partial charge in [-0.2, -0.15) is 4.98 Å². The lowest BCUT2D eigenvalue weighted by molar-refractivity contribution is 0.455. The number of fused-ring (bicyclic) bond motifs is 1. The molecule has 0 unspecified atom stereocenters. The molecule has 0 saturated carbocycles. The molecule has 0 atom stereocenters. The molecule has 0 spiro atoms. The maximum Gasteiger partial charge on any atom is 0.237 e. The highest BCUT2D eigenvalue weighted by Gasteiger charge is 2.10. The molecule has 4 heteroatoms. The Labute approximate surface area is 126 Å². The molecule has 4 nitrogen and oxygen atoms in total. The lowest BCUT2D eigenvalue weighted by Gasteiger charge is -1.94. The van der Waals surface area contributed by atoms with Crippen molar-refractivity contribution >= 4 is 12.2 Å². The second kappa shape index (κ2) is 5.00. The molecule has 2 heterocycles. The first-order chi connectivity index (χ1) is 10.8. The Morgan fingerprint density at radius 1 is 0.955 bits per heavy atom. The van der Waals surface area contributed by atoms with Gasteiger partial charge in [-0.15, -0.1) is 0 Å². The van der Waals surface area contributed by atoms with Crippen molar-refractivity contribution in [3.8, 4) is 17.3 Å². The van der Waals surface area contributed by atoms with Crippen LogP contribution in [-0.4, -0.2) is 15.1 Å². The van der Waals surface area contributed by atoms with Crippen molar-refractivity contribution in [2.24, 2.45) is 4.99 Å². The van der Waals surface area contributed by atoms with Gasteiger partial charge in [0.05, 0.1) is 11.1 Å². The number of aromatic hydroxyl groups is 1. The fourth-order valence-electron chi connectivity index (χ4n) is 2.47. The molecule has 1 aromatic heterocycles. The van der Waals surface area contributed by atoms with Crippen LogP contribution >= 0.6 is 0 Å². The van der Waals surface area contributed by atoms with Crippen molar-refractivity contribution in [2.45, 2.75) is 0 Å². The molecule has 0 aliphatic carbocycles. The number of H-pyrrole nitrogens is 1. The molecule has 4 rings (SSSR count). The van der Waals surface area contributed by atoms with E-state index in [1.165, 1.54) is 0 Å². The van der Waals surface area contributed by atoms with Crippen LogP contribution in [0.25, 0.3) is 23.5 Å². The van der Waals surface area contributed by atoms with Crippen molar-refractivity contribution in [3.05, 3.63) is 76.6 Å². The molecule has 0 amide bonds. The zero-order chi connectivity index (χ0) is 14.9. The predicted octanol–water partition coefficient (Wildman–Crippen LogP) is 2.24. The van der Waals surface area contributed by atoms with Gasteiger partial charge in [-0.3, -0.25) is 0 Å². The standard InChI is InChI=1S/C18H13N3O/c22-18-16(20-17(21-18)12-6-2-1-3-7-12)11-14-10-13-8-4-5-9-15(13)19-14/h1-11,22H,(H,20,21)/b14-11-. The molecule has 1 aliphatic heterocycles. The molecule has 3 aromatic rings. The average molecular weight is 287 g/mol. The highest BCUT2D eigenvalue weighted by Crippen LogP contribution is 2.24. The molecule has 2 aromatic carbocycles. The van der Waals surface area contributed by atoms with Gasteiger partial charge >= 0.3 is 0 Å². The summed E-state index contributed by atoms with van der Waals surface area (Å²) in [5.41, 5.74) is 2.28. The van der Waals surface area contributed by atoms with E-state index in [1.54, 1.807) is 6.08 Å². The Kier molecular flexibility index (Phi) is 2.86. The van der Waals surface area contributed by atoms with E-state index in [-0.39, 0.29) is 5.88 Å². The molecule has 106 valence electrons. The maximum atomic E-state index is 10.0. The van der Waals surface area contributed by atoms with E-state index in [2.05, 4.69) is 15.0 Å². The van der Waals surface area contributed by atoms with Crippen molar-refractivity contribution < 1.29 is 5.11 Å². The van der Waals surface area contributed by atoms with Gasteiger partial charge in [0, 0.05) is 10.8 Å². The summed E-state index contributed by atoms with van der Waals surface area (Å²) in [6.45, 7) is 0. The number of allylic oxidation sites excluding steroid dienone is 1. The summed E-state index contributed by atoms with van der Waals surface area (Å²) in [5, 5.41) is 12.0. The van der Waals surface area contributed by atoms with Crippen LogP contribution in [0.5, 0.6) is 5.88 Å². The predicted molar refractivity (Wildman–Crippen MR) is 85.4 cm³/mol. The number of rotatable bonds is 2. The highest BCUT2D eigenvalue weighted by molar-refractivity contribution is 5.68. The molecule has 0 bridgehead atoms. The number of para-hydroxylation sites is 1. The lowest BCUT2D eigenvalue weighted by atomic mass is 10.2. The van der Waals surface area contributed by atoms with Crippen LogP contribution in [-0.2, 0) is 0 Å². The quantitative estimate of drug-likeness (QED) is 0.759. The third-order valence-corrected chi connectivity index (χ3v) is 3.54. The third-order valence-electron chi connectivity index (χ3n) is 3.54. The summed E-state index contributed by atoms with van der Waals surface area (Å²) in [6.07, 6.45) is 3.78. The van der Waals surface area contributed by atoms with Gasteiger partial charge in [0.15, 0.2) is 0 Å². The fraction of sp³-hybridized carbons (Fsp3) is 0. The number of aromatic nitrogens is 2. The summed E-state index contributed by atoms with van der Waals surface area (Å²) in [5.74, 6) is 0.617. The van der Waals surface area contributed by atoms with Gasteiger partial charge < -0.3 is 10.1 Å². The molecular formula is C18H13N3O. The Bertz CT molecular complexity index is 948. The topological polar surface area (TPSA) is 61.3 Å². The average Bonchev–Trinajstić information content (AvgIpc) is 3.12. The van der Waals surface area contributed by atoms with Gasteiger partial charge in [-0.1, -0.05) is 48.5 Å². The minimum atomic E-state index is -0.0223. The zero-order valence-corrected chi connectivity index (χ0v) is 11.7. The number of nitrogens with one attached hydrogen (secondary N) is 1. The number of aromatic amines is 1. The van der Waals surface area contributed by atoms with Crippen LogP contribution in [0, 0.1) is 0 Å². The Hall–Kier alpha value is -3.14. The molecule has 0 fully saturated rings. The first-order valence-corrected chi connectivity index (χ1v) is 7.01. The molecule has 0 radical (unpaired) electrons. The summed E-state index contributed by atoms with van der Waals surface area (Å²) >= 11 is 0. The van der Waals surface area contributed by atoms with Crippen LogP contribution in [0.4, 0.5) is 0 Å². The van der Waals surface area contributed by atoms with Gasteiger partial charge in [-0.05, 0) is 18.2 Å². The fourth-order valence-corrected chi connectivity index (χ4v) is 2.47. The smallest absolute Gasteiger partial charge is 0.237 e. The molecule has 22 heavy (non-hydrogen) atoms. The Morgan fingerprint density at radius 3 is 2.55 bits per heavy atom. The van der Waals surface area contributed by atoms with Crippen molar-refractivity contribution in [1.82, 2.24) is 9.97 Å². The van der Waals surface area contributed by atoms with Crippen LogP contribution < -0.4 is 10.6 Å². The van der Waals surface area contributed by atoms with Gasteiger partial charge in [-0.25, -0.2) is 4.99 Å². The first-order valence-electron chi connectivity index (χ1n) is 7.01. The minimum absolute atomic E-state index is 0.0223. The van der Waals surface area contributed by atoms with Crippen molar-refractivity contribution in [2.75, 3.05) is 0 Å². The maximum absolute atomic E-state index is 10.0. The second-order valence-corrected chi connectivity index (χ2v) is 5.07. The van der Waals surface area contributed by atoms with E-state index in [9.17, 15) is 5.11 Å². The van der Waals surface area contributed by atoms with Gasteiger partial charge in [0.25, 0.3) is 0 Å². The van der Waals surface area contributed by atoms with E-state index in [4.69, 9.17) is 0 Å². The third kappa shape index (κ3) is 2.20. The number of benzene rings is 2. The van der Waals surface area contributed by atoms with Crippen LogP contribution in [0.15, 0.2) is 65.3 Å². The summed E-state index contributed by atoms with van der Waals surface area (Å²) in [7, 11) is 0. The Morgan fingerprint density at radius 2 is 1.73 bits per heavy atom. The van der Waals surface area contributed by atoms with Crippen molar-refractivity contribution in [1.29, 1.82) is 0 Å². The number of imidazole rings is 1. The van der Waals surface area contributed by atoms with Gasteiger partial charge in [0.1, 0.15) is 11.5 Å². The molecule has 2 N–H and O–H groups in total. The number of hydrogen-bond donors (Lipinski definition) is 2. The van der Waals surface area contributed by atoms with E-state index >= 15 is 0 Å². The Balaban J connectivity index is 1.75. The van der Waals surface area contributed by atoms with E-state index < -0.39 is 0 Å². The highest BCUT2D eigenvalue weighted by atomic mass is 16.3. The van der Waals surface area contributed by atoms with Crippen LogP contribution in [0.3, 0.4) is 0 Å². The van der Waals surface area contributed by atoms with Crippen molar-refractivity contribution in [3.63, 3.8) is 0 Å². The molecule has 1 aliphatic rings. The summed E-state index contributed by atoms with van der Waals surface area (Å²) in [4.78, 5) is 11.8. The minimum Gasteiger partial charge on any atom is -0.492 e. The zero-order valence-electron chi connectivity index (χ0n) is 11.7.